The summed E-state index contributed by atoms with van der Waals surface area (Å²) in [4.78, 5) is 13.2. The molecule has 2 aromatic rings. The molecule has 3 heterocycles. The number of pyridine rings is 1. The van der Waals surface area contributed by atoms with Gasteiger partial charge in [0.1, 0.15) is 0 Å². The van der Waals surface area contributed by atoms with Crippen LogP contribution >= 0.6 is 24.0 Å². The lowest BCUT2D eigenvalue weighted by Crippen LogP contribution is -2.48. The van der Waals surface area contributed by atoms with Gasteiger partial charge in [-0.1, -0.05) is 30.3 Å². The van der Waals surface area contributed by atoms with Gasteiger partial charge < -0.3 is 15.5 Å². The van der Waals surface area contributed by atoms with Gasteiger partial charge >= 0.3 is 0 Å². The highest BCUT2D eigenvalue weighted by atomic mass is 127. The van der Waals surface area contributed by atoms with E-state index in [0.717, 1.165) is 45.1 Å². The van der Waals surface area contributed by atoms with Crippen LogP contribution in [-0.2, 0) is 6.54 Å². The number of aliphatic imine (C=N–C) groups is 1. The van der Waals surface area contributed by atoms with Gasteiger partial charge in [-0.2, -0.15) is 0 Å². The summed E-state index contributed by atoms with van der Waals surface area (Å²) in [5.74, 6) is 0.988. The highest BCUT2D eigenvalue weighted by molar-refractivity contribution is 14.0. The number of guanidine groups is 1. The third kappa shape index (κ3) is 6.29. The van der Waals surface area contributed by atoms with E-state index in [9.17, 15) is 4.39 Å². The van der Waals surface area contributed by atoms with Gasteiger partial charge in [0, 0.05) is 51.5 Å². The van der Waals surface area contributed by atoms with Crippen LogP contribution in [0.5, 0.6) is 0 Å². The van der Waals surface area contributed by atoms with Gasteiger partial charge in [-0.05, 0) is 43.5 Å². The second kappa shape index (κ2) is 11.6. The summed E-state index contributed by atoms with van der Waals surface area (Å²) in [6.45, 7) is 4.51. The van der Waals surface area contributed by atoms with Crippen LogP contribution in [0.4, 0.5) is 10.2 Å². The van der Waals surface area contributed by atoms with Crippen LogP contribution in [-0.4, -0.2) is 61.2 Å². The molecule has 2 unspecified atom stereocenters. The molecule has 1 aromatic carbocycles. The second-order valence-corrected chi connectivity index (χ2v) is 8.09. The Hall–Kier alpha value is -1.94. The number of hydrogen-bond donors (Lipinski definition) is 2. The van der Waals surface area contributed by atoms with E-state index in [4.69, 9.17) is 0 Å². The quantitative estimate of drug-likeness (QED) is 0.336. The first kappa shape index (κ1) is 23.7. The normalized spacial score (nSPS) is 21.7. The zero-order valence-electron chi connectivity index (χ0n) is 18.0. The Morgan fingerprint density at radius 3 is 2.77 bits per heavy atom. The fourth-order valence-electron chi connectivity index (χ4n) is 4.44. The van der Waals surface area contributed by atoms with Crippen LogP contribution in [0, 0.1) is 5.82 Å². The third-order valence-corrected chi connectivity index (χ3v) is 6.02. The number of benzene rings is 1. The molecule has 31 heavy (non-hydrogen) atoms. The van der Waals surface area contributed by atoms with Gasteiger partial charge in [0.25, 0.3) is 0 Å². The highest BCUT2D eigenvalue weighted by Gasteiger charge is 2.27. The fourth-order valence-corrected chi connectivity index (χ4v) is 4.44. The summed E-state index contributed by atoms with van der Waals surface area (Å²) in [6.07, 6.45) is 5.01. The summed E-state index contributed by atoms with van der Waals surface area (Å²) < 4.78 is 14.0. The molecule has 2 aliphatic heterocycles. The van der Waals surface area contributed by atoms with Crippen molar-refractivity contribution in [2.24, 2.45) is 4.99 Å². The third-order valence-electron chi connectivity index (χ3n) is 6.02. The summed E-state index contributed by atoms with van der Waals surface area (Å²) in [5, 5.41) is 7.01. The van der Waals surface area contributed by atoms with Crippen molar-refractivity contribution in [1.82, 2.24) is 20.5 Å². The summed E-state index contributed by atoms with van der Waals surface area (Å²) in [7, 11) is 1.80. The number of nitrogens with one attached hydrogen (secondary N) is 2. The second-order valence-electron chi connectivity index (χ2n) is 8.09. The minimum Gasteiger partial charge on any atom is -0.355 e. The van der Waals surface area contributed by atoms with Crippen LogP contribution in [0.1, 0.15) is 24.8 Å². The minimum absolute atomic E-state index is 0. The lowest BCUT2D eigenvalue weighted by molar-refractivity contribution is 0.245. The van der Waals surface area contributed by atoms with E-state index in [1.165, 1.54) is 24.5 Å². The molecule has 0 aliphatic carbocycles. The molecule has 2 atom stereocenters. The smallest absolute Gasteiger partial charge is 0.191 e. The summed E-state index contributed by atoms with van der Waals surface area (Å²) >= 11 is 0. The summed E-state index contributed by atoms with van der Waals surface area (Å²) in [5.41, 5.74) is 1.36. The minimum atomic E-state index is -0.264. The molecule has 2 saturated heterocycles. The average Bonchev–Trinajstić information content (AvgIpc) is 3.41. The van der Waals surface area contributed by atoms with Gasteiger partial charge in [0.2, 0.25) is 0 Å². The number of halogens is 2. The molecule has 6 nitrogen and oxygen atoms in total. The molecular formula is C23H32FIN6. The van der Waals surface area contributed by atoms with Crippen LogP contribution in [0.3, 0.4) is 0 Å². The van der Waals surface area contributed by atoms with Crippen LogP contribution in [0.25, 0.3) is 0 Å². The van der Waals surface area contributed by atoms with Crippen molar-refractivity contribution in [1.29, 1.82) is 0 Å². The monoisotopic (exact) mass is 538 g/mol. The Morgan fingerprint density at radius 2 is 2.00 bits per heavy atom. The van der Waals surface area contributed by atoms with Crippen molar-refractivity contribution in [2.45, 2.75) is 37.9 Å². The topological polar surface area (TPSA) is 55.8 Å². The lowest BCUT2D eigenvalue weighted by Gasteiger charge is -2.26. The van der Waals surface area contributed by atoms with E-state index < -0.39 is 0 Å². The zero-order valence-corrected chi connectivity index (χ0v) is 20.3. The molecule has 8 heteroatoms. The maximum Gasteiger partial charge on any atom is 0.191 e. The SMILES string of the molecule is CN=C(NCC1CCCN1Cc1ccccc1)NC1CCN(c2ncccc2F)C1.I. The predicted molar refractivity (Wildman–Crippen MR) is 135 cm³/mol. The molecule has 2 N–H and O–H groups in total. The maximum absolute atomic E-state index is 14.0. The summed E-state index contributed by atoms with van der Waals surface area (Å²) in [6, 6.07) is 14.5. The Morgan fingerprint density at radius 1 is 1.16 bits per heavy atom. The first-order valence-electron chi connectivity index (χ1n) is 10.8. The van der Waals surface area contributed by atoms with E-state index in [0.29, 0.717) is 11.9 Å². The predicted octanol–water partition coefficient (Wildman–Crippen LogP) is 3.25. The molecule has 2 fully saturated rings. The van der Waals surface area contributed by atoms with Crippen LogP contribution < -0.4 is 15.5 Å². The van der Waals surface area contributed by atoms with Crippen molar-refractivity contribution in [3.8, 4) is 0 Å². The lowest BCUT2D eigenvalue weighted by atomic mass is 10.2. The molecule has 1 aromatic heterocycles. The number of anilines is 1. The van der Waals surface area contributed by atoms with Crippen LogP contribution in [0.15, 0.2) is 53.7 Å². The van der Waals surface area contributed by atoms with Gasteiger partial charge in [0.05, 0.1) is 0 Å². The molecule has 0 bridgehead atoms. The fraction of sp³-hybridized carbons (Fsp3) is 0.478. The number of rotatable bonds is 6. The van der Waals surface area contributed by atoms with Gasteiger partial charge in [-0.15, -0.1) is 24.0 Å². The molecule has 0 spiro atoms. The maximum atomic E-state index is 14.0. The zero-order chi connectivity index (χ0) is 20.8. The largest absolute Gasteiger partial charge is 0.355 e. The molecular weight excluding hydrogens is 506 g/mol. The van der Waals surface area contributed by atoms with Crippen molar-refractivity contribution in [2.75, 3.05) is 38.1 Å². The van der Waals surface area contributed by atoms with E-state index in [1.807, 2.05) is 4.90 Å². The van der Waals surface area contributed by atoms with E-state index in [-0.39, 0.29) is 35.8 Å². The molecule has 0 amide bonds. The molecule has 168 valence electrons. The Bertz CT molecular complexity index is 849. The van der Waals surface area contributed by atoms with E-state index in [1.54, 1.807) is 19.3 Å². The number of likely N-dealkylation sites (tertiary alicyclic amines) is 1. The number of nitrogens with zero attached hydrogens (tertiary/aromatic N) is 4. The highest BCUT2D eigenvalue weighted by Crippen LogP contribution is 2.21. The molecule has 0 saturated carbocycles. The van der Waals surface area contributed by atoms with Crippen molar-refractivity contribution < 1.29 is 4.39 Å². The van der Waals surface area contributed by atoms with Gasteiger partial charge in [-0.3, -0.25) is 9.89 Å². The average molecular weight is 538 g/mol. The standard InChI is InChI=1S/C23H31FN6.HI/c1-25-23(28-19-11-14-30(17-19)22-21(24)10-5-12-26-22)27-15-20-9-6-13-29(20)16-18-7-3-2-4-8-18;/h2-5,7-8,10,12,19-20H,6,9,11,13-17H2,1H3,(H2,25,27,28);1H. The first-order chi connectivity index (χ1) is 14.7. The Balaban J connectivity index is 0.00000272. The van der Waals surface area contributed by atoms with Crippen molar-refractivity contribution >= 4 is 35.8 Å². The van der Waals surface area contributed by atoms with Crippen molar-refractivity contribution in [3.05, 3.63) is 60.0 Å². The van der Waals surface area contributed by atoms with Crippen LogP contribution in [0.2, 0.25) is 0 Å². The van der Waals surface area contributed by atoms with Gasteiger partial charge in [-0.25, -0.2) is 9.37 Å². The first-order valence-corrected chi connectivity index (χ1v) is 10.8. The Kier molecular flexibility index (Phi) is 8.89. The molecule has 4 rings (SSSR count). The molecule has 2 aliphatic rings. The number of aromatic nitrogens is 1. The Labute approximate surface area is 201 Å². The van der Waals surface area contributed by atoms with Gasteiger partial charge in [0.15, 0.2) is 17.6 Å². The van der Waals surface area contributed by atoms with E-state index in [2.05, 4.69) is 55.8 Å². The molecule has 0 radical (unpaired) electrons. The number of hydrogen-bond acceptors (Lipinski definition) is 4. The van der Waals surface area contributed by atoms with E-state index >= 15 is 0 Å². The van der Waals surface area contributed by atoms with Crippen molar-refractivity contribution in [3.63, 3.8) is 0 Å².